The van der Waals surface area contributed by atoms with Crippen molar-refractivity contribution < 1.29 is 4.79 Å². The normalized spacial score (nSPS) is 11.1. The predicted octanol–water partition coefficient (Wildman–Crippen LogP) is 3.11. The molecule has 3 rings (SSSR count). The molecule has 0 atom stereocenters. The van der Waals surface area contributed by atoms with Crippen LogP contribution >= 0.6 is 0 Å². The van der Waals surface area contributed by atoms with Gasteiger partial charge in [-0.3, -0.25) is 14.5 Å². The van der Waals surface area contributed by atoms with E-state index in [0.29, 0.717) is 23.9 Å². The third-order valence-electron chi connectivity index (χ3n) is 3.60. The van der Waals surface area contributed by atoms with Crippen molar-refractivity contribution in [1.29, 1.82) is 0 Å². The highest BCUT2D eigenvalue weighted by atomic mass is 16.1. The zero-order valence-electron chi connectivity index (χ0n) is 13.4. The van der Waals surface area contributed by atoms with Crippen molar-refractivity contribution in [2.24, 2.45) is 5.92 Å². The molecule has 1 aromatic carbocycles. The second-order valence-corrected chi connectivity index (χ2v) is 6.09. The van der Waals surface area contributed by atoms with Crippen LogP contribution in [0, 0.1) is 5.92 Å². The van der Waals surface area contributed by atoms with Gasteiger partial charge in [0.05, 0.1) is 6.42 Å². The molecule has 0 saturated heterocycles. The Labute approximate surface area is 135 Å². The average Bonchev–Trinajstić information content (AvgIpc) is 2.92. The van der Waals surface area contributed by atoms with Crippen molar-refractivity contribution in [3.05, 3.63) is 59.8 Å². The van der Waals surface area contributed by atoms with E-state index in [0.717, 1.165) is 12.0 Å². The van der Waals surface area contributed by atoms with Gasteiger partial charge in [-0.2, -0.15) is 0 Å². The molecule has 0 fully saturated rings. The molecule has 2 aromatic heterocycles. The summed E-state index contributed by atoms with van der Waals surface area (Å²) in [5.41, 5.74) is 3.00. The number of hydrogen-bond acceptors (Lipinski definition) is 3. The number of aromatic nitrogens is 3. The van der Waals surface area contributed by atoms with Crippen LogP contribution < -0.4 is 5.32 Å². The first-order chi connectivity index (χ1) is 11.1. The molecule has 0 aliphatic rings. The summed E-state index contributed by atoms with van der Waals surface area (Å²) in [5, 5.41) is 10.8. The van der Waals surface area contributed by atoms with Crippen molar-refractivity contribution in [3.8, 4) is 0 Å². The van der Waals surface area contributed by atoms with Crippen LogP contribution in [0.4, 0.5) is 5.95 Å². The van der Waals surface area contributed by atoms with Gasteiger partial charge in [0.25, 0.3) is 0 Å². The number of rotatable bonds is 5. The third kappa shape index (κ3) is 3.74. The van der Waals surface area contributed by atoms with Crippen LogP contribution in [0.5, 0.6) is 0 Å². The van der Waals surface area contributed by atoms with Crippen LogP contribution in [0.3, 0.4) is 0 Å². The molecule has 5 nitrogen and oxygen atoms in total. The molecule has 0 aliphatic carbocycles. The van der Waals surface area contributed by atoms with Crippen LogP contribution in [-0.2, 0) is 17.6 Å². The Hall–Kier alpha value is -2.69. The highest BCUT2D eigenvalue weighted by molar-refractivity contribution is 5.91. The molecule has 1 amide bonds. The Bertz CT molecular complexity index is 805. The molecule has 0 saturated carbocycles. The SMILES string of the molecule is CC(C)Cc1ccc(CC(=O)Nc2nnc3ccccn23)cc1. The first-order valence-electron chi connectivity index (χ1n) is 7.79. The fraction of sp³-hybridized carbons (Fsp3) is 0.278. The lowest BCUT2D eigenvalue weighted by atomic mass is 10.0. The summed E-state index contributed by atoms with van der Waals surface area (Å²) >= 11 is 0. The summed E-state index contributed by atoms with van der Waals surface area (Å²) < 4.78 is 1.75. The van der Waals surface area contributed by atoms with Gasteiger partial charge in [0.1, 0.15) is 0 Å². The summed E-state index contributed by atoms with van der Waals surface area (Å²) in [6.45, 7) is 4.40. The molecule has 0 unspecified atom stereocenters. The number of nitrogens with zero attached hydrogens (tertiary/aromatic N) is 3. The van der Waals surface area contributed by atoms with Gasteiger partial charge in [-0.15, -0.1) is 10.2 Å². The van der Waals surface area contributed by atoms with Gasteiger partial charge in [0, 0.05) is 6.20 Å². The number of nitrogens with one attached hydrogen (secondary N) is 1. The van der Waals surface area contributed by atoms with Crippen molar-refractivity contribution in [2.45, 2.75) is 26.7 Å². The molecule has 118 valence electrons. The lowest BCUT2D eigenvalue weighted by Gasteiger charge is -2.07. The average molecular weight is 308 g/mol. The number of carbonyl (C=O) groups excluding carboxylic acids is 1. The number of amides is 1. The first-order valence-corrected chi connectivity index (χ1v) is 7.79. The quantitative estimate of drug-likeness (QED) is 0.788. The van der Waals surface area contributed by atoms with Gasteiger partial charge in [0.2, 0.25) is 11.9 Å². The molecule has 0 spiro atoms. The minimum absolute atomic E-state index is 0.0974. The lowest BCUT2D eigenvalue weighted by Crippen LogP contribution is -2.16. The number of benzene rings is 1. The van der Waals surface area contributed by atoms with E-state index < -0.39 is 0 Å². The summed E-state index contributed by atoms with van der Waals surface area (Å²) in [5.74, 6) is 0.979. The minimum Gasteiger partial charge on any atom is -0.294 e. The molecular weight excluding hydrogens is 288 g/mol. The second-order valence-electron chi connectivity index (χ2n) is 6.09. The summed E-state index contributed by atoms with van der Waals surface area (Å²) in [6.07, 6.45) is 3.20. The molecule has 5 heteroatoms. The lowest BCUT2D eigenvalue weighted by molar-refractivity contribution is -0.115. The highest BCUT2D eigenvalue weighted by Gasteiger charge is 2.09. The van der Waals surface area contributed by atoms with Gasteiger partial charge < -0.3 is 0 Å². The first kappa shape index (κ1) is 15.2. The van der Waals surface area contributed by atoms with Gasteiger partial charge in [-0.05, 0) is 35.6 Å². The fourth-order valence-electron chi connectivity index (χ4n) is 2.55. The fourth-order valence-corrected chi connectivity index (χ4v) is 2.55. The van der Waals surface area contributed by atoms with Crippen molar-refractivity contribution in [1.82, 2.24) is 14.6 Å². The Kier molecular flexibility index (Phi) is 4.37. The Morgan fingerprint density at radius 2 is 1.83 bits per heavy atom. The second kappa shape index (κ2) is 6.60. The zero-order chi connectivity index (χ0) is 16.2. The van der Waals surface area contributed by atoms with Crippen LogP contribution in [0.15, 0.2) is 48.7 Å². The largest absolute Gasteiger partial charge is 0.294 e. The highest BCUT2D eigenvalue weighted by Crippen LogP contribution is 2.12. The van der Waals surface area contributed by atoms with Gasteiger partial charge in [0.15, 0.2) is 5.65 Å². The van der Waals surface area contributed by atoms with Crippen molar-refractivity contribution in [3.63, 3.8) is 0 Å². The topological polar surface area (TPSA) is 59.3 Å². The molecule has 1 N–H and O–H groups in total. The molecular formula is C18H20N4O. The van der Waals surface area contributed by atoms with Crippen LogP contribution in [-0.4, -0.2) is 20.5 Å². The van der Waals surface area contributed by atoms with Crippen LogP contribution in [0.1, 0.15) is 25.0 Å². The zero-order valence-corrected chi connectivity index (χ0v) is 13.4. The van der Waals surface area contributed by atoms with Crippen LogP contribution in [0.2, 0.25) is 0 Å². The number of pyridine rings is 1. The van der Waals surface area contributed by atoms with E-state index in [1.807, 2.05) is 36.5 Å². The van der Waals surface area contributed by atoms with Gasteiger partial charge in [-0.1, -0.05) is 44.2 Å². The number of hydrogen-bond donors (Lipinski definition) is 1. The number of carbonyl (C=O) groups is 1. The predicted molar refractivity (Wildman–Crippen MR) is 90.3 cm³/mol. The van der Waals surface area contributed by atoms with E-state index >= 15 is 0 Å². The standard InChI is InChI=1S/C18H20N4O/c1-13(2)11-14-6-8-15(9-7-14)12-17(23)19-18-21-20-16-5-3-4-10-22(16)18/h3-10,13H,11-12H2,1-2H3,(H,19,21,23). The Morgan fingerprint density at radius 1 is 1.09 bits per heavy atom. The number of anilines is 1. The maximum atomic E-state index is 12.2. The summed E-state index contributed by atoms with van der Waals surface area (Å²) in [7, 11) is 0. The maximum absolute atomic E-state index is 12.2. The Balaban J connectivity index is 1.65. The maximum Gasteiger partial charge on any atom is 0.235 e. The summed E-state index contributed by atoms with van der Waals surface area (Å²) in [6, 6.07) is 13.8. The van der Waals surface area contributed by atoms with E-state index in [4.69, 9.17) is 0 Å². The van der Waals surface area contributed by atoms with Crippen molar-refractivity contribution >= 4 is 17.5 Å². The van der Waals surface area contributed by atoms with Crippen LogP contribution in [0.25, 0.3) is 5.65 Å². The number of fused-ring (bicyclic) bond motifs is 1. The molecule has 0 radical (unpaired) electrons. The minimum atomic E-state index is -0.0974. The molecule has 0 bridgehead atoms. The molecule has 3 aromatic rings. The Morgan fingerprint density at radius 3 is 2.57 bits per heavy atom. The molecule has 23 heavy (non-hydrogen) atoms. The van der Waals surface area contributed by atoms with E-state index in [1.165, 1.54) is 5.56 Å². The van der Waals surface area contributed by atoms with E-state index in [1.54, 1.807) is 4.40 Å². The molecule has 2 heterocycles. The third-order valence-corrected chi connectivity index (χ3v) is 3.60. The smallest absolute Gasteiger partial charge is 0.235 e. The van der Waals surface area contributed by atoms with Gasteiger partial charge >= 0.3 is 0 Å². The summed E-state index contributed by atoms with van der Waals surface area (Å²) in [4.78, 5) is 12.2. The van der Waals surface area contributed by atoms with Gasteiger partial charge in [-0.25, -0.2) is 0 Å². The van der Waals surface area contributed by atoms with Crippen molar-refractivity contribution in [2.75, 3.05) is 5.32 Å². The monoisotopic (exact) mass is 308 g/mol. The van der Waals surface area contributed by atoms with E-state index in [-0.39, 0.29) is 5.91 Å². The van der Waals surface area contributed by atoms with E-state index in [2.05, 4.69) is 41.5 Å². The van der Waals surface area contributed by atoms with E-state index in [9.17, 15) is 4.79 Å². The molecule has 0 aliphatic heterocycles.